The third-order valence-electron chi connectivity index (χ3n) is 2.98. The number of aromatic nitrogens is 1. The maximum atomic E-state index is 6.21. The largest absolute Gasteiger partial charge is 0.493 e. The van der Waals surface area contributed by atoms with E-state index >= 15 is 0 Å². The fourth-order valence-electron chi connectivity index (χ4n) is 1.86. The number of aryl methyl sites for hydroxylation is 1. The highest BCUT2D eigenvalue weighted by molar-refractivity contribution is 6.33. The number of anilines is 1. The SMILES string of the molecule is COc1cc(Cl)c(NCc2cccn2C)cc1OC. The van der Waals surface area contributed by atoms with Crippen LogP contribution in [0.2, 0.25) is 5.02 Å². The zero-order chi connectivity index (χ0) is 13.8. The van der Waals surface area contributed by atoms with Crippen molar-refractivity contribution in [2.75, 3.05) is 19.5 Å². The van der Waals surface area contributed by atoms with E-state index in [0.717, 1.165) is 5.69 Å². The van der Waals surface area contributed by atoms with Crippen molar-refractivity contribution in [3.63, 3.8) is 0 Å². The highest BCUT2D eigenvalue weighted by Gasteiger charge is 2.09. The predicted octanol–water partition coefficient (Wildman–Crippen LogP) is 3.31. The zero-order valence-corrected chi connectivity index (χ0v) is 12.0. The van der Waals surface area contributed by atoms with Gasteiger partial charge in [0.25, 0.3) is 0 Å². The Morgan fingerprint density at radius 3 is 2.47 bits per heavy atom. The van der Waals surface area contributed by atoms with Gasteiger partial charge in [-0.15, -0.1) is 0 Å². The van der Waals surface area contributed by atoms with Gasteiger partial charge in [0.2, 0.25) is 0 Å². The second kappa shape index (κ2) is 5.89. The van der Waals surface area contributed by atoms with Crippen LogP contribution < -0.4 is 14.8 Å². The average Bonchev–Trinajstić information content (AvgIpc) is 2.82. The Balaban J connectivity index is 2.18. The van der Waals surface area contributed by atoms with Crippen molar-refractivity contribution in [3.8, 4) is 11.5 Å². The number of methoxy groups -OCH3 is 2. The molecule has 1 N–H and O–H groups in total. The molecule has 1 heterocycles. The molecular formula is C14H17ClN2O2. The molecule has 0 saturated heterocycles. The van der Waals surface area contributed by atoms with E-state index in [4.69, 9.17) is 21.1 Å². The van der Waals surface area contributed by atoms with E-state index in [9.17, 15) is 0 Å². The molecule has 19 heavy (non-hydrogen) atoms. The summed E-state index contributed by atoms with van der Waals surface area (Å²) in [4.78, 5) is 0. The molecule has 5 heteroatoms. The van der Waals surface area contributed by atoms with Gasteiger partial charge in [-0.25, -0.2) is 0 Å². The number of benzene rings is 1. The molecule has 0 spiro atoms. The topological polar surface area (TPSA) is 35.4 Å². The Hall–Kier alpha value is -1.81. The highest BCUT2D eigenvalue weighted by Crippen LogP contribution is 2.36. The van der Waals surface area contributed by atoms with Gasteiger partial charge in [-0.2, -0.15) is 0 Å². The van der Waals surface area contributed by atoms with Gasteiger partial charge in [-0.3, -0.25) is 0 Å². The van der Waals surface area contributed by atoms with E-state index in [1.54, 1.807) is 20.3 Å². The quantitative estimate of drug-likeness (QED) is 0.913. The van der Waals surface area contributed by atoms with Crippen LogP contribution in [0.3, 0.4) is 0 Å². The summed E-state index contributed by atoms with van der Waals surface area (Å²) in [6, 6.07) is 7.65. The molecule has 0 saturated carbocycles. The number of hydrogen-bond acceptors (Lipinski definition) is 3. The van der Waals surface area contributed by atoms with Crippen molar-refractivity contribution in [2.45, 2.75) is 6.54 Å². The van der Waals surface area contributed by atoms with Crippen LogP contribution in [0.5, 0.6) is 11.5 Å². The molecule has 4 nitrogen and oxygen atoms in total. The third kappa shape index (κ3) is 2.96. The van der Waals surface area contributed by atoms with E-state index in [0.29, 0.717) is 23.1 Å². The predicted molar refractivity (Wildman–Crippen MR) is 77.3 cm³/mol. The Labute approximate surface area is 117 Å². The first kappa shape index (κ1) is 13.6. The van der Waals surface area contributed by atoms with Crippen LogP contribution in [-0.2, 0) is 13.6 Å². The molecule has 0 aliphatic carbocycles. The van der Waals surface area contributed by atoms with Crippen LogP contribution >= 0.6 is 11.6 Å². The van der Waals surface area contributed by atoms with Gasteiger partial charge >= 0.3 is 0 Å². The minimum Gasteiger partial charge on any atom is -0.493 e. The summed E-state index contributed by atoms with van der Waals surface area (Å²) in [5.74, 6) is 1.28. The minimum atomic E-state index is 0.604. The first-order chi connectivity index (χ1) is 9.15. The van der Waals surface area contributed by atoms with Crippen molar-refractivity contribution in [3.05, 3.63) is 41.2 Å². The average molecular weight is 281 g/mol. The van der Waals surface area contributed by atoms with E-state index in [1.165, 1.54) is 5.69 Å². The summed E-state index contributed by atoms with van der Waals surface area (Å²) in [5.41, 5.74) is 1.99. The molecule has 0 radical (unpaired) electrons. The molecule has 0 atom stereocenters. The van der Waals surface area contributed by atoms with Gasteiger partial charge in [0.05, 0.1) is 31.5 Å². The van der Waals surface area contributed by atoms with Crippen LogP contribution in [0, 0.1) is 0 Å². The molecule has 2 aromatic rings. The van der Waals surface area contributed by atoms with Crippen molar-refractivity contribution < 1.29 is 9.47 Å². The Bertz CT molecular complexity index is 567. The van der Waals surface area contributed by atoms with E-state index < -0.39 is 0 Å². The maximum absolute atomic E-state index is 6.21. The zero-order valence-electron chi connectivity index (χ0n) is 11.2. The lowest BCUT2D eigenvalue weighted by molar-refractivity contribution is 0.355. The number of hydrogen-bond donors (Lipinski definition) is 1. The summed E-state index contributed by atoms with van der Waals surface area (Å²) in [5, 5.41) is 3.90. The van der Waals surface area contributed by atoms with Gasteiger partial charge in [0, 0.05) is 31.1 Å². The second-order valence-electron chi connectivity index (χ2n) is 4.15. The fourth-order valence-corrected chi connectivity index (χ4v) is 2.08. The molecule has 102 valence electrons. The molecular weight excluding hydrogens is 264 g/mol. The molecule has 2 rings (SSSR count). The van der Waals surface area contributed by atoms with Gasteiger partial charge in [0.1, 0.15) is 0 Å². The number of rotatable bonds is 5. The van der Waals surface area contributed by atoms with Gasteiger partial charge < -0.3 is 19.4 Å². The van der Waals surface area contributed by atoms with Crippen molar-refractivity contribution in [2.24, 2.45) is 7.05 Å². The maximum Gasteiger partial charge on any atom is 0.162 e. The lowest BCUT2D eigenvalue weighted by atomic mass is 10.2. The lowest BCUT2D eigenvalue weighted by Crippen LogP contribution is -2.04. The molecule has 1 aromatic heterocycles. The van der Waals surface area contributed by atoms with Gasteiger partial charge in [-0.05, 0) is 12.1 Å². The normalized spacial score (nSPS) is 10.3. The molecule has 0 amide bonds. The minimum absolute atomic E-state index is 0.604. The van der Waals surface area contributed by atoms with Crippen LogP contribution in [-0.4, -0.2) is 18.8 Å². The van der Waals surface area contributed by atoms with Crippen LogP contribution in [0.25, 0.3) is 0 Å². The number of ether oxygens (including phenoxy) is 2. The van der Waals surface area contributed by atoms with E-state index in [-0.39, 0.29) is 0 Å². The van der Waals surface area contributed by atoms with Gasteiger partial charge in [-0.1, -0.05) is 11.6 Å². The Morgan fingerprint density at radius 1 is 1.21 bits per heavy atom. The second-order valence-corrected chi connectivity index (χ2v) is 4.56. The first-order valence-corrected chi connectivity index (χ1v) is 6.29. The Kier molecular flexibility index (Phi) is 4.22. The van der Waals surface area contributed by atoms with E-state index in [1.807, 2.05) is 25.4 Å². The lowest BCUT2D eigenvalue weighted by Gasteiger charge is -2.13. The number of halogens is 1. The number of nitrogens with one attached hydrogen (secondary N) is 1. The molecule has 0 unspecified atom stereocenters. The fraction of sp³-hybridized carbons (Fsp3) is 0.286. The molecule has 0 bridgehead atoms. The first-order valence-electron chi connectivity index (χ1n) is 5.91. The summed E-state index contributed by atoms with van der Waals surface area (Å²) in [7, 11) is 5.20. The van der Waals surface area contributed by atoms with Crippen LogP contribution in [0.15, 0.2) is 30.5 Å². The monoisotopic (exact) mass is 280 g/mol. The van der Waals surface area contributed by atoms with Crippen LogP contribution in [0.4, 0.5) is 5.69 Å². The summed E-state index contributed by atoms with van der Waals surface area (Å²) in [6.45, 7) is 0.693. The van der Waals surface area contributed by atoms with Crippen molar-refractivity contribution in [1.82, 2.24) is 4.57 Å². The van der Waals surface area contributed by atoms with Crippen molar-refractivity contribution in [1.29, 1.82) is 0 Å². The van der Waals surface area contributed by atoms with E-state index in [2.05, 4.69) is 16.0 Å². The molecule has 0 aliphatic rings. The molecule has 0 aliphatic heterocycles. The highest BCUT2D eigenvalue weighted by atomic mass is 35.5. The standard InChI is InChI=1S/C14H17ClN2O2/c1-17-6-4-5-10(17)9-16-12-8-14(19-3)13(18-2)7-11(12)15/h4-8,16H,9H2,1-3H3. The molecule has 1 aromatic carbocycles. The van der Waals surface area contributed by atoms with Gasteiger partial charge in [0.15, 0.2) is 11.5 Å². The summed E-state index contributed by atoms with van der Waals surface area (Å²) >= 11 is 6.21. The Morgan fingerprint density at radius 2 is 1.89 bits per heavy atom. The summed E-state index contributed by atoms with van der Waals surface area (Å²) in [6.07, 6.45) is 2.01. The molecule has 0 fully saturated rings. The summed E-state index contributed by atoms with van der Waals surface area (Å²) < 4.78 is 12.5. The van der Waals surface area contributed by atoms with Crippen molar-refractivity contribution >= 4 is 17.3 Å². The third-order valence-corrected chi connectivity index (χ3v) is 3.30. The smallest absolute Gasteiger partial charge is 0.162 e. The van der Waals surface area contributed by atoms with Crippen LogP contribution in [0.1, 0.15) is 5.69 Å². The number of nitrogens with zero attached hydrogens (tertiary/aromatic N) is 1.